The molecule has 0 aromatic heterocycles. The van der Waals surface area contributed by atoms with Gasteiger partial charge < -0.3 is 4.90 Å². The second-order valence-corrected chi connectivity index (χ2v) is 7.86. The molecule has 1 aliphatic heterocycles. The van der Waals surface area contributed by atoms with Crippen LogP contribution in [0.1, 0.15) is 73.1 Å². The third-order valence-electron chi connectivity index (χ3n) is 5.38. The maximum absolute atomic E-state index is 12.9. The van der Waals surface area contributed by atoms with Crippen molar-refractivity contribution in [1.29, 1.82) is 0 Å². The average Bonchev–Trinajstić information content (AvgIpc) is 2.75. The highest BCUT2D eigenvalue weighted by Gasteiger charge is 2.44. The molecule has 3 heteroatoms. The van der Waals surface area contributed by atoms with Gasteiger partial charge in [-0.15, -0.1) is 0 Å². The van der Waals surface area contributed by atoms with E-state index in [9.17, 15) is 4.79 Å². The van der Waals surface area contributed by atoms with Gasteiger partial charge in [-0.05, 0) is 49.9 Å². The summed E-state index contributed by atoms with van der Waals surface area (Å²) in [7, 11) is 0. The lowest BCUT2D eigenvalue weighted by Gasteiger charge is -2.38. The third-order valence-corrected chi connectivity index (χ3v) is 5.38. The van der Waals surface area contributed by atoms with E-state index >= 15 is 0 Å². The molecule has 0 spiro atoms. The molecule has 21 heavy (non-hydrogen) atoms. The van der Waals surface area contributed by atoms with Crippen LogP contribution in [0.25, 0.3) is 0 Å². The van der Waals surface area contributed by atoms with Crippen molar-refractivity contribution in [2.45, 2.75) is 91.4 Å². The van der Waals surface area contributed by atoms with Gasteiger partial charge in [-0.25, -0.2) is 0 Å². The van der Waals surface area contributed by atoms with Crippen LogP contribution in [0.15, 0.2) is 0 Å². The van der Waals surface area contributed by atoms with Crippen LogP contribution in [-0.2, 0) is 4.79 Å². The number of carbonyl (C=O) groups is 1. The van der Waals surface area contributed by atoms with Crippen molar-refractivity contribution < 1.29 is 4.79 Å². The largest absolute Gasteiger partial charge is 0.323 e. The fraction of sp³-hybridized carbons (Fsp3) is 0.944. The Kier molecular flexibility index (Phi) is 5.70. The Morgan fingerprint density at radius 1 is 1.14 bits per heavy atom. The van der Waals surface area contributed by atoms with Crippen molar-refractivity contribution in [2.24, 2.45) is 17.8 Å². The number of amides is 1. The molecule has 0 aromatic rings. The molecule has 1 aliphatic carbocycles. The van der Waals surface area contributed by atoms with Crippen LogP contribution in [0.3, 0.4) is 0 Å². The first-order valence-corrected chi connectivity index (χ1v) is 9.02. The van der Waals surface area contributed by atoms with Crippen molar-refractivity contribution in [1.82, 2.24) is 10.2 Å². The maximum atomic E-state index is 12.9. The first-order chi connectivity index (χ1) is 9.93. The molecule has 2 atom stereocenters. The van der Waals surface area contributed by atoms with Crippen LogP contribution in [0, 0.1) is 17.8 Å². The molecule has 1 amide bonds. The summed E-state index contributed by atoms with van der Waals surface area (Å²) in [6.45, 7) is 11.1. The van der Waals surface area contributed by atoms with E-state index in [0.717, 1.165) is 12.3 Å². The topological polar surface area (TPSA) is 32.3 Å². The van der Waals surface area contributed by atoms with Crippen LogP contribution in [0.4, 0.5) is 0 Å². The van der Waals surface area contributed by atoms with E-state index in [0.29, 0.717) is 23.8 Å². The van der Waals surface area contributed by atoms with Gasteiger partial charge in [0.15, 0.2) is 0 Å². The lowest BCUT2D eigenvalue weighted by Crippen LogP contribution is -2.46. The highest BCUT2D eigenvalue weighted by Crippen LogP contribution is 2.33. The zero-order valence-corrected chi connectivity index (χ0v) is 14.6. The summed E-state index contributed by atoms with van der Waals surface area (Å²) in [5.74, 6) is 2.24. The second kappa shape index (κ2) is 7.13. The maximum Gasteiger partial charge on any atom is 0.241 e. The van der Waals surface area contributed by atoms with Crippen molar-refractivity contribution in [3.05, 3.63) is 0 Å². The third kappa shape index (κ3) is 3.80. The van der Waals surface area contributed by atoms with Gasteiger partial charge in [0, 0.05) is 6.04 Å². The van der Waals surface area contributed by atoms with Crippen molar-refractivity contribution in [3.63, 3.8) is 0 Å². The second-order valence-electron chi connectivity index (χ2n) is 7.86. The molecule has 1 saturated carbocycles. The van der Waals surface area contributed by atoms with Gasteiger partial charge in [0.25, 0.3) is 0 Å². The van der Waals surface area contributed by atoms with Gasteiger partial charge in [-0.3, -0.25) is 10.1 Å². The standard InChI is InChI=1S/C18H34N2O/c1-6-14-7-9-15(10-8-14)20-16(11-12(2)3)19-17(13(4)5)18(20)21/h12-17,19H,6-11H2,1-5H3. The Labute approximate surface area is 130 Å². The first kappa shape index (κ1) is 16.8. The van der Waals surface area contributed by atoms with Gasteiger partial charge in [-0.2, -0.15) is 0 Å². The SMILES string of the molecule is CCC1CCC(N2C(=O)C(C(C)C)NC2CC(C)C)CC1. The minimum atomic E-state index is 0.0256. The molecule has 1 N–H and O–H groups in total. The Hall–Kier alpha value is -0.570. The summed E-state index contributed by atoms with van der Waals surface area (Å²) in [4.78, 5) is 15.1. The van der Waals surface area contributed by atoms with Crippen LogP contribution < -0.4 is 5.32 Å². The highest BCUT2D eigenvalue weighted by molar-refractivity contribution is 5.85. The Balaban J connectivity index is 2.07. The molecule has 0 bridgehead atoms. The van der Waals surface area contributed by atoms with Gasteiger partial charge in [0.05, 0.1) is 12.2 Å². The quantitative estimate of drug-likeness (QED) is 0.837. The van der Waals surface area contributed by atoms with E-state index in [4.69, 9.17) is 0 Å². The van der Waals surface area contributed by atoms with E-state index in [-0.39, 0.29) is 12.2 Å². The molecule has 1 heterocycles. The molecule has 0 radical (unpaired) electrons. The first-order valence-electron chi connectivity index (χ1n) is 9.02. The fourth-order valence-corrected chi connectivity index (χ4v) is 4.04. The van der Waals surface area contributed by atoms with Crippen molar-refractivity contribution in [2.75, 3.05) is 0 Å². The van der Waals surface area contributed by atoms with Gasteiger partial charge in [0.1, 0.15) is 0 Å². The minimum absolute atomic E-state index is 0.0256. The molecule has 3 nitrogen and oxygen atoms in total. The lowest BCUT2D eigenvalue weighted by atomic mass is 9.83. The Bertz CT molecular complexity index is 345. The summed E-state index contributed by atoms with van der Waals surface area (Å²) in [5.41, 5.74) is 0. The molecule has 0 aromatic carbocycles. The van der Waals surface area contributed by atoms with E-state index in [1.54, 1.807) is 0 Å². The van der Waals surface area contributed by atoms with E-state index in [2.05, 4.69) is 44.8 Å². The molecular formula is C18H34N2O. The number of hydrogen-bond acceptors (Lipinski definition) is 2. The molecule has 2 unspecified atom stereocenters. The van der Waals surface area contributed by atoms with E-state index in [1.165, 1.54) is 32.1 Å². The number of nitrogens with one attached hydrogen (secondary N) is 1. The summed E-state index contributed by atoms with van der Waals surface area (Å²) in [5, 5.41) is 3.62. The zero-order chi connectivity index (χ0) is 15.6. The van der Waals surface area contributed by atoms with Crippen LogP contribution in [-0.4, -0.2) is 29.1 Å². The molecule has 122 valence electrons. The predicted molar refractivity (Wildman–Crippen MR) is 87.9 cm³/mol. The fourth-order valence-electron chi connectivity index (χ4n) is 4.04. The summed E-state index contributed by atoms with van der Waals surface area (Å²) >= 11 is 0. The summed E-state index contributed by atoms with van der Waals surface area (Å²) in [6.07, 6.45) is 7.62. The lowest BCUT2D eigenvalue weighted by molar-refractivity contribution is -0.134. The zero-order valence-electron chi connectivity index (χ0n) is 14.6. The number of rotatable bonds is 5. The molecule has 1 saturated heterocycles. The smallest absolute Gasteiger partial charge is 0.241 e. The molecule has 2 fully saturated rings. The average molecular weight is 294 g/mol. The van der Waals surface area contributed by atoms with Crippen LogP contribution in [0.2, 0.25) is 0 Å². The van der Waals surface area contributed by atoms with Crippen LogP contribution >= 0.6 is 0 Å². The van der Waals surface area contributed by atoms with E-state index in [1.807, 2.05) is 0 Å². The summed E-state index contributed by atoms with van der Waals surface area (Å²) in [6, 6.07) is 0.498. The Morgan fingerprint density at radius 2 is 1.76 bits per heavy atom. The predicted octanol–water partition coefficient (Wildman–Crippen LogP) is 3.78. The van der Waals surface area contributed by atoms with Crippen molar-refractivity contribution >= 4 is 5.91 Å². The molecular weight excluding hydrogens is 260 g/mol. The number of nitrogens with zero attached hydrogens (tertiary/aromatic N) is 1. The van der Waals surface area contributed by atoms with Gasteiger partial charge >= 0.3 is 0 Å². The number of carbonyl (C=O) groups excluding carboxylic acids is 1. The van der Waals surface area contributed by atoms with Crippen LogP contribution in [0.5, 0.6) is 0 Å². The number of hydrogen-bond donors (Lipinski definition) is 1. The van der Waals surface area contributed by atoms with Gasteiger partial charge in [-0.1, -0.05) is 41.0 Å². The van der Waals surface area contributed by atoms with E-state index < -0.39 is 0 Å². The highest BCUT2D eigenvalue weighted by atomic mass is 16.2. The van der Waals surface area contributed by atoms with Gasteiger partial charge in [0.2, 0.25) is 5.91 Å². The minimum Gasteiger partial charge on any atom is -0.323 e. The normalized spacial score (nSPS) is 34.2. The van der Waals surface area contributed by atoms with Crippen molar-refractivity contribution in [3.8, 4) is 0 Å². The Morgan fingerprint density at radius 3 is 2.24 bits per heavy atom. The summed E-state index contributed by atoms with van der Waals surface area (Å²) < 4.78 is 0. The molecule has 2 rings (SSSR count). The molecule has 2 aliphatic rings. The monoisotopic (exact) mass is 294 g/mol.